The number of aromatic nitrogens is 1. The summed E-state index contributed by atoms with van der Waals surface area (Å²) in [6.45, 7) is 4.81. The fraction of sp³-hybridized carbons (Fsp3) is 0.250. The Balaban J connectivity index is 1.71. The lowest BCUT2D eigenvalue weighted by atomic mass is 10.1. The van der Waals surface area contributed by atoms with Gasteiger partial charge in [0.15, 0.2) is 0 Å². The molecule has 0 atom stereocenters. The first kappa shape index (κ1) is 17.0. The molecule has 6 heteroatoms. The molecule has 3 aromatic rings. The summed E-state index contributed by atoms with van der Waals surface area (Å²) < 4.78 is 28.9. The second-order valence-electron chi connectivity index (χ2n) is 6.59. The number of sulfonamides is 1. The van der Waals surface area contributed by atoms with Crippen LogP contribution in [0.15, 0.2) is 59.6 Å². The quantitative estimate of drug-likeness (QED) is 0.746. The molecule has 0 bridgehead atoms. The fourth-order valence-corrected chi connectivity index (χ4v) is 4.88. The molecule has 0 unspecified atom stereocenters. The minimum Gasteiger partial charge on any atom is -0.295 e. The van der Waals surface area contributed by atoms with Gasteiger partial charge in [-0.05, 0) is 54.4 Å². The molecule has 0 spiro atoms. The zero-order valence-corrected chi connectivity index (χ0v) is 15.5. The van der Waals surface area contributed by atoms with E-state index in [0.29, 0.717) is 16.6 Å². The van der Waals surface area contributed by atoms with E-state index in [2.05, 4.69) is 27.6 Å². The Kier molecular flexibility index (Phi) is 4.38. The average molecular weight is 367 g/mol. The van der Waals surface area contributed by atoms with E-state index in [9.17, 15) is 8.42 Å². The minimum atomic E-state index is -3.70. The van der Waals surface area contributed by atoms with E-state index in [4.69, 9.17) is 0 Å². The van der Waals surface area contributed by atoms with Crippen molar-refractivity contribution < 1.29 is 8.42 Å². The molecule has 26 heavy (non-hydrogen) atoms. The number of hydrogen-bond donors (Lipinski definition) is 1. The van der Waals surface area contributed by atoms with Gasteiger partial charge >= 0.3 is 0 Å². The lowest BCUT2D eigenvalue weighted by Gasteiger charge is -2.14. The van der Waals surface area contributed by atoms with Crippen molar-refractivity contribution in [1.29, 1.82) is 0 Å². The number of pyridine rings is 1. The molecule has 0 saturated carbocycles. The summed E-state index contributed by atoms with van der Waals surface area (Å²) in [6, 6.07) is 14.5. The van der Waals surface area contributed by atoms with Crippen LogP contribution in [0.25, 0.3) is 10.9 Å². The highest BCUT2D eigenvalue weighted by molar-refractivity contribution is 7.93. The predicted octanol–water partition coefficient (Wildman–Crippen LogP) is 3.76. The van der Waals surface area contributed by atoms with Crippen molar-refractivity contribution in [2.45, 2.75) is 31.3 Å². The molecular formula is C20H21N3O2S. The maximum absolute atomic E-state index is 13.1. The lowest BCUT2D eigenvalue weighted by molar-refractivity contribution is 0.285. The van der Waals surface area contributed by atoms with Gasteiger partial charge in [0.05, 0.1) is 16.1 Å². The summed E-state index contributed by atoms with van der Waals surface area (Å²) >= 11 is 0. The highest BCUT2D eigenvalue weighted by Gasteiger charge is 2.24. The summed E-state index contributed by atoms with van der Waals surface area (Å²) in [7, 11) is -3.70. The molecule has 0 radical (unpaired) electrons. The maximum Gasteiger partial charge on any atom is 0.262 e. The Morgan fingerprint density at radius 1 is 1.08 bits per heavy atom. The summed E-state index contributed by atoms with van der Waals surface area (Å²) in [4.78, 5) is 6.84. The van der Waals surface area contributed by atoms with Gasteiger partial charge in [0.2, 0.25) is 0 Å². The third-order valence-corrected chi connectivity index (χ3v) is 6.15. The molecule has 0 fully saturated rings. The van der Waals surface area contributed by atoms with E-state index in [0.717, 1.165) is 31.6 Å². The van der Waals surface area contributed by atoms with Crippen LogP contribution in [0.3, 0.4) is 0 Å². The first-order valence-electron chi connectivity index (χ1n) is 8.78. The van der Waals surface area contributed by atoms with Crippen LogP contribution in [0.1, 0.15) is 24.5 Å². The molecular weight excluding hydrogens is 346 g/mol. The maximum atomic E-state index is 13.1. The Morgan fingerprint density at radius 2 is 1.92 bits per heavy atom. The monoisotopic (exact) mass is 367 g/mol. The van der Waals surface area contributed by atoms with Crippen LogP contribution >= 0.6 is 0 Å². The zero-order chi connectivity index (χ0) is 18.1. The minimum absolute atomic E-state index is 0.254. The number of hydrogen-bond acceptors (Lipinski definition) is 4. The average Bonchev–Trinajstić information content (AvgIpc) is 3.05. The Hall–Kier alpha value is -2.44. The third kappa shape index (κ3) is 3.06. The van der Waals surface area contributed by atoms with Gasteiger partial charge in [-0.3, -0.25) is 14.6 Å². The van der Waals surface area contributed by atoms with Crippen LogP contribution in [0.2, 0.25) is 0 Å². The SMILES string of the molecule is CCCN1Cc2cccc(NS(=O)(=O)c3cccc4ncccc34)c2C1. The van der Waals surface area contributed by atoms with Gasteiger partial charge in [0, 0.05) is 24.7 Å². The third-order valence-electron chi connectivity index (χ3n) is 4.73. The van der Waals surface area contributed by atoms with Gasteiger partial charge in [0.25, 0.3) is 10.0 Å². The number of nitrogens with zero attached hydrogens (tertiary/aromatic N) is 2. The topological polar surface area (TPSA) is 62.3 Å². The lowest BCUT2D eigenvalue weighted by Crippen LogP contribution is -2.17. The van der Waals surface area contributed by atoms with E-state index < -0.39 is 10.0 Å². The number of rotatable bonds is 5. The normalized spacial score (nSPS) is 14.5. The van der Waals surface area contributed by atoms with Crippen molar-refractivity contribution in [3.8, 4) is 0 Å². The van der Waals surface area contributed by atoms with E-state index in [1.54, 1.807) is 30.5 Å². The molecule has 134 valence electrons. The predicted molar refractivity (Wildman–Crippen MR) is 103 cm³/mol. The second kappa shape index (κ2) is 6.70. The van der Waals surface area contributed by atoms with E-state index in [-0.39, 0.29) is 4.90 Å². The molecule has 1 aliphatic rings. The van der Waals surface area contributed by atoms with Gasteiger partial charge in [-0.2, -0.15) is 0 Å². The van der Waals surface area contributed by atoms with Crippen LogP contribution in [0.4, 0.5) is 5.69 Å². The molecule has 1 N–H and O–H groups in total. The summed E-state index contributed by atoms with van der Waals surface area (Å²) in [6.07, 6.45) is 2.75. The standard InChI is InChI=1S/C20H21N3O2S/c1-2-12-23-13-15-6-3-9-19(17(15)14-23)22-26(24,25)20-10-4-8-18-16(20)7-5-11-21-18/h3-11,22H,2,12-14H2,1H3. The molecule has 2 aromatic carbocycles. The molecule has 0 amide bonds. The van der Waals surface area contributed by atoms with Crippen molar-refractivity contribution in [2.75, 3.05) is 11.3 Å². The molecule has 1 aliphatic heterocycles. The van der Waals surface area contributed by atoms with Gasteiger partial charge in [-0.25, -0.2) is 8.42 Å². The zero-order valence-electron chi connectivity index (χ0n) is 14.6. The van der Waals surface area contributed by atoms with Crippen LogP contribution in [-0.2, 0) is 23.1 Å². The molecule has 2 heterocycles. The highest BCUT2D eigenvalue weighted by Crippen LogP contribution is 2.31. The van der Waals surface area contributed by atoms with Crippen LogP contribution < -0.4 is 4.72 Å². The number of benzene rings is 2. The van der Waals surface area contributed by atoms with Gasteiger partial charge in [-0.15, -0.1) is 0 Å². The summed E-state index contributed by atoms with van der Waals surface area (Å²) in [5, 5.41) is 0.627. The molecule has 4 rings (SSSR count). The second-order valence-corrected chi connectivity index (χ2v) is 8.24. The Labute approximate surface area is 153 Å². The number of anilines is 1. The summed E-state index contributed by atoms with van der Waals surface area (Å²) in [5.41, 5.74) is 3.60. The fourth-order valence-electron chi connectivity index (χ4n) is 3.57. The first-order valence-corrected chi connectivity index (χ1v) is 10.3. The smallest absolute Gasteiger partial charge is 0.262 e. The van der Waals surface area contributed by atoms with Crippen molar-refractivity contribution in [3.63, 3.8) is 0 Å². The van der Waals surface area contributed by atoms with Gasteiger partial charge < -0.3 is 0 Å². The van der Waals surface area contributed by atoms with Crippen LogP contribution in [0.5, 0.6) is 0 Å². The molecule has 0 aliphatic carbocycles. The van der Waals surface area contributed by atoms with E-state index in [1.807, 2.05) is 18.2 Å². The Bertz CT molecular complexity index is 1060. The Morgan fingerprint density at radius 3 is 2.77 bits per heavy atom. The van der Waals surface area contributed by atoms with Gasteiger partial charge in [-0.1, -0.05) is 25.1 Å². The highest BCUT2D eigenvalue weighted by atomic mass is 32.2. The first-order chi connectivity index (χ1) is 12.6. The van der Waals surface area contributed by atoms with Crippen molar-refractivity contribution in [1.82, 2.24) is 9.88 Å². The largest absolute Gasteiger partial charge is 0.295 e. The number of fused-ring (bicyclic) bond motifs is 2. The molecule has 1 aromatic heterocycles. The van der Waals surface area contributed by atoms with E-state index >= 15 is 0 Å². The van der Waals surface area contributed by atoms with E-state index in [1.165, 1.54) is 5.56 Å². The summed E-state index contributed by atoms with van der Waals surface area (Å²) in [5.74, 6) is 0. The van der Waals surface area contributed by atoms with Crippen LogP contribution in [0, 0.1) is 0 Å². The van der Waals surface area contributed by atoms with Crippen molar-refractivity contribution in [3.05, 3.63) is 65.9 Å². The number of nitrogens with one attached hydrogen (secondary N) is 1. The van der Waals surface area contributed by atoms with Crippen molar-refractivity contribution in [2.24, 2.45) is 0 Å². The molecule has 0 saturated heterocycles. The van der Waals surface area contributed by atoms with Crippen LogP contribution in [-0.4, -0.2) is 24.8 Å². The van der Waals surface area contributed by atoms with Crippen molar-refractivity contribution >= 4 is 26.6 Å². The van der Waals surface area contributed by atoms with Gasteiger partial charge in [0.1, 0.15) is 0 Å². The molecule has 5 nitrogen and oxygen atoms in total.